The number of nitrogens with one attached hydrogen (secondary N) is 2. The molecule has 1 aromatic carbocycles. The zero-order chi connectivity index (χ0) is 14.5. The third-order valence-electron chi connectivity index (χ3n) is 2.69. The third-order valence-corrected chi connectivity index (χ3v) is 3.18. The Morgan fingerprint density at radius 2 is 2.10 bits per heavy atom. The van der Waals surface area contributed by atoms with Crippen LogP contribution in [0, 0.1) is 0 Å². The first-order valence-electron chi connectivity index (χ1n) is 5.92. The Morgan fingerprint density at radius 3 is 2.80 bits per heavy atom. The largest absolute Gasteiger partial charge is 0.495 e. The van der Waals surface area contributed by atoms with E-state index < -0.39 is 0 Å². The fourth-order valence-corrected chi connectivity index (χ4v) is 2.04. The van der Waals surface area contributed by atoms with E-state index in [0.29, 0.717) is 22.8 Å². The SMILES string of the molecule is CNc1cc(C(=O)Nc2cc(Br)ccc2OC)ccn1. The minimum atomic E-state index is -0.222. The zero-order valence-corrected chi connectivity index (χ0v) is 12.7. The Kier molecular flexibility index (Phi) is 4.57. The Bertz CT molecular complexity index is 632. The monoisotopic (exact) mass is 335 g/mol. The number of pyridine rings is 1. The van der Waals surface area contributed by atoms with Crippen LogP contribution in [0.1, 0.15) is 10.4 Å². The highest BCUT2D eigenvalue weighted by Crippen LogP contribution is 2.28. The number of ether oxygens (including phenoxy) is 1. The molecular weight excluding hydrogens is 322 g/mol. The maximum atomic E-state index is 12.2. The average molecular weight is 336 g/mol. The average Bonchev–Trinajstić information content (AvgIpc) is 2.47. The molecule has 5 nitrogen and oxygen atoms in total. The molecule has 1 heterocycles. The van der Waals surface area contributed by atoms with E-state index in [2.05, 4.69) is 31.5 Å². The molecule has 0 atom stereocenters. The van der Waals surface area contributed by atoms with Gasteiger partial charge in [-0.15, -0.1) is 0 Å². The minimum Gasteiger partial charge on any atom is -0.495 e. The van der Waals surface area contributed by atoms with Gasteiger partial charge in [0.25, 0.3) is 5.91 Å². The maximum Gasteiger partial charge on any atom is 0.255 e. The lowest BCUT2D eigenvalue weighted by Crippen LogP contribution is -2.13. The second-order valence-electron chi connectivity index (χ2n) is 3.98. The fourth-order valence-electron chi connectivity index (χ4n) is 1.68. The highest BCUT2D eigenvalue weighted by molar-refractivity contribution is 9.10. The number of carbonyl (C=O) groups excluding carboxylic acids is 1. The molecule has 0 fully saturated rings. The van der Waals surface area contributed by atoms with Crippen molar-refractivity contribution in [1.29, 1.82) is 0 Å². The molecule has 2 rings (SSSR count). The number of hydrogen-bond acceptors (Lipinski definition) is 4. The van der Waals surface area contributed by atoms with Crippen molar-refractivity contribution >= 4 is 33.3 Å². The molecule has 20 heavy (non-hydrogen) atoms. The first-order valence-corrected chi connectivity index (χ1v) is 6.72. The van der Waals surface area contributed by atoms with E-state index in [1.54, 1.807) is 44.6 Å². The first kappa shape index (κ1) is 14.3. The summed E-state index contributed by atoms with van der Waals surface area (Å²) in [5, 5.41) is 5.71. The number of amides is 1. The molecule has 0 saturated heterocycles. The van der Waals surface area contributed by atoms with Crippen molar-refractivity contribution in [3.63, 3.8) is 0 Å². The summed E-state index contributed by atoms with van der Waals surface area (Å²) < 4.78 is 6.08. The number of anilines is 2. The number of benzene rings is 1. The fraction of sp³-hybridized carbons (Fsp3) is 0.143. The van der Waals surface area contributed by atoms with Crippen LogP contribution < -0.4 is 15.4 Å². The molecule has 2 N–H and O–H groups in total. The van der Waals surface area contributed by atoms with E-state index in [4.69, 9.17) is 4.74 Å². The molecule has 1 amide bonds. The van der Waals surface area contributed by atoms with Crippen molar-refractivity contribution in [2.24, 2.45) is 0 Å². The molecule has 0 aliphatic carbocycles. The standard InChI is InChI=1S/C14H14BrN3O2/c1-16-13-7-9(5-6-17-13)14(19)18-11-8-10(15)3-4-12(11)20-2/h3-8H,1-2H3,(H,16,17)(H,18,19). The summed E-state index contributed by atoms with van der Waals surface area (Å²) in [5.41, 5.74) is 1.13. The lowest BCUT2D eigenvalue weighted by molar-refractivity contribution is 0.102. The smallest absolute Gasteiger partial charge is 0.255 e. The van der Waals surface area contributed by atoms with Crippen LogP contribution in [0.4, 0.5) is 11.5 Å². The summed E-state index contributed by atoms with van der Waals surface area (Å²) in [6.07, 6.45) is 1.58. The number of hydrogen-bond donors (Lipinski definition) is 2. The van der Waals surface area contributed by atoms with E-state index >= 15 is 0 Å². The van der Waals surface area contributed by atoms with E-state index in [-0.39, 0.29) is 5.91 Å². The van der Waals surface area contributed by atoms with E-state index in [1.807, 2.05) is 6.07 Å². The van der Waals surface area contributed by atoms with Gasteiger partial charge in [0.05, 0.1) is 12.8 Å². The molecule has 1 aromatic heterocycles. The first-order chi connectivity index (χ1) is 9.63. The van der Waals surface area contributed by atoms with Crippen LogP contribution in [0.15, 0.2) is 41.0 Å². The molecule has 0 bridgehead atoms. The van der Waals surface area contributed by atoms with E-state index in [9.17, 15) is 4.79 Å². The Morgan fingerprint density at radius 1 is 1.30 bits per heavy atom. The summed E-state index contributed by atoms with van der Waals surface area (Å²) in [7, 11) is 3.31. The molecule has 104 valence electrons. The molecule has 0 aliphatic rings. The van der Waals surface area contributed by atoms with Crippen LogP contribution >= 0.6 is 15.9 Å². The van der Waals surface area contributed by atoms with Crippen molar-refractivity contribution in [1.82, 2.24) is 4.98 Å². The third kappa shape index (κ3) is 3.27. The lowest BCUT2D eigenvalue weighted by Gasteiger charge is -2.11. The number of carbonyl (C=O) groups is 1. The van der Waals surface area contributed by atoms with Crippen molar-refractivity contribution < 1.29 is 9.53 Å². The van der Waals surface area contributed by atoms with Crippen LogP contribution in [0.25, 0.3) is 0 Å². The molecule has 2 aromatic rings. The quantitative estimate of drug-likeness (QED) is 0.900. The van der Waals surface area contributed by atoms with Gasteiger partial charge in [0.1, 0.15) is 11.6 Å². The summed E-state index contributed by atoms with van der Waals surface area (Å²) in [4.78, 5) is 16.3. The maximum absolute atomic E-state index is 12.2. The molecule has 0 unspecified atom stereocenters. The van der Waals surface area contributed by atoms with Crippen molar-refractivity contribution in [3.05, 3.63) is 46.6 Å². The second kappa shape index (κ2) is 6.38. The molecule has 0 saturated carbocycles. The molecule has 0 aliphatic heterocycles. The Labute approximate surface area is 125 Å². The van der Waals surface area contributed by atoms with Gasteiger partial charge in [0.15, 0.2) is 0 Å². The highest BCUT2D eigenvalue weighted by Gasteiger charge is 2.11. The van der Waals surface area contributed by atoms with Crippen LogP contribution in [-0.2, 0) is 0 Å². The molecule has 6 heteroatoms. The van der Waals surface area contributed by atoms with Crippen LogP contribution in [-0.4, -0.2) is 25.0 Å². The van der Waals surface area contributed by atoms with E-state index in [0.717, 1.165) is 4.47 Å². The van der Waals surface area contributed by atoms with Crippen LogP contribution in [0.3, 0.4) is 0 Å². The number of halogens is 1. The number of nitrogens with zero attached hydrogens (tertiary/aromatic N) is 1. The van der Waals surface area contributed by atoms with Gasteiger partial charge in [-0.25, -0.2) is 4.98 Å². The van der Waals surface area contributed by atoms with Gasteiger partial charge in [-0.1, -0.05) is 15.9 Å². The number of rotatable bonds is 4. The lowest BCUT2D eigenvalue weighted by atomic mass is 10.2. The van der Waals surface area contributed by atoms with Gasteiger partial charge in [-0.3, -0.25) is 4.79 Å². The topological polar surface area (TPSA) is 63.2 Å². The van der Waals surface area contributed by atoms with Gasteiger partial charge in [0.2, 0.25) is 0 Å². The minimum absolute atomic E-state index is 0.222. The molecule has 0 radical (unpaired) electrons. The van der Waals surface area contributed by atoms with Crippen molar-refractivity contribution in [3.8, 4) is 5.75 Å². The Balaban J connectivity index is 2.25. The normalized spacial score (nSPS) is 9.95. The van der Waals surface area contributed by atoms with Crippen molar-refractivity contribution in [2.45, 2.75) is 0 Å². The summed E-state index contributed by atoms with van der Waals surface area (Å²) in [6.45, 7) is 0. The van der Waals surface area contributed by atoms with Gasteiger partial charge in [-0.05, 0) is 30.3 Å². The van der Waals surface area contributed by atoms with Gasteiger partial charge in [0, 0.05) is 23.3 Å². The van der Waals surface area contributed by atoms with Crippen LogP contribution in [0.5, 0.6) is 5.75 Å². The van der Waals surface area contributed by atoms with E-state index in [1.165, 1.54) is 0 Å². The number of methoxy groups -OCH3 is 1. The summed E-state index contributed by atoms with van der Waals surface area (Å²) in [5.74, 6) is 1.02. The summed E-state index contributed by atoms with van der Waals surface area (Å²) in [6, 6.07) is 8.75. The molecule has 0 spiro atoms. The van der Waals surface area contributed by atoms with Gasteiger partial charge < -0.3 is 15.4 Å². The predicted molar refractivity (Wildman–Crippen MR) is 82.4 cm³/mol. The van der Waals surface area contributed by atoms with Gasteiger partial charge >= 0.3 is 0 Å². The van der Waals surface area contributed by atoms with Crippen molar-refractivity contribution in [2.75, 3.05) is 24.8 Å². The van der Waals surface area contributed by atoms with Gasteiger partial charge in [-0.2, -0.15) is 0 Å². The number of aromatic nitrogens is 1. The zero-order valence-electron chi connectivity index (χ0n) is 11.1. The van der Waals surface area contributed by atoms with Crippen LogP contribution in [0.2, 0.25) is 0 Å². The predicted octanol–water partition coefficient (Wildman–Crippen LogP) is 3.15. The second-order valence-corrected chi connectivity index (χ2v) is 4.89. The Hall–Kier alpha value is -2.08. The highest BCUT2D eigenvalue weighted by atomic mass is 79.9. The molecular formula is C14H14BrN3O2. The summed E-state index contributed by atoms with van der Waals surface area (Å²) >= 11 is 3.37.